The quantitative estimate of drug-likeness (QED) is 0.785. The maximum absolute atomic E-state index is 13.1. The number of carbonyl (C=O) groups excluding carboxylic acids is 1. The Morgan fingerprint density at radius 1 is 1.03 bits per heavy atom. The molecule has 0 saturated carbocycles. The van der Waals surface area contributed by atoms with Crippen LogP contribution in [0.15, 0.2) is 42.7 Å². The number of hydrogen-bond donors (Lipinski definition) is 0. The van der Waals surface area contributed by atoms with Gasteiger partial charge in [-0.3, -0.25) is 9.78 Å². The van der Waals surface area contributed by atoms with Crippen LogP contribution in [0.3, 0.4) is 0 Å². The first kappa shape index (κ1) is 19.7. The molecular weight excluding hydrogens is 360 g/mol. The molecule has 1 atom stereocenters. The Kier molecular flexibility index (Phi) is 6.02. The van der Waals surface area contributed by atoms with Crippen LogP contribution in [0.5, 0.6) is 0 Å². The van der Waals surface area contributed by atoms with Crippen molar-refractivity contribution in [1.29, 1.82) is 0 Å². The lowest BCUT2D eigenvalue weighted by molar-refractivity contribution is 0.0746. The van der Waals surface area contributed by atoms with E-state index in [1.165, 1.54) is 30.5 Å². The lowest BCUT2D eigenvalue weighted by atomic mass is 9.99. The Labute approximate surface area is 174 Å². The number of aromatic nitrogens is 1. The first-order chi connectivity index (χ1) is 14.2. The largest absolute Gasteiger partial charge is 0.368 e. The molecule has 1 unspecified atom stereocenters. The molecule has 0 N–H and O–H groups in total. The molecule has 0 radical (unpaired) electrons. The van der Waals surface area contributed by atoms with E-state index in [4.69, 9.17) is 0 Å². The molecule has 1 aromatic heterocycles. The molecule has 4 rings (SSSR count). The number of nitrogens with zero attached hydrogens (tertiary/aromatic N) is 4. The Balaban J connectivity index is 1.42. The number of piperidine rings is 1. The van der Waals surface area contributed by atoms with Gasteiger partial charge in [-0.15, -0.1) is 0 Å². The third-order valence-electron chi connectivity index (χ3n) is 6.33. The predicted molar refractivity (Wildman–Crippen MR) is 119 cm³/mol. The second-order valence-electron chi connectivity index (χ2n) is 8.30. The first-order valence-corrected chi connectivity index (χ1v) is 11.0. The number of amides is 1. The fourth-order valence-corrected chi connectivity index (χ4v) is 4.64. The second-order valence-corrected chi connectivity index (χ2v) is 8.30. The van der Waals surface area contributed by atoms with Crippen molar-refractivity contribution in [1.82, 2.24) is 9.88 Å². The lowest BCUT2D eigenvalue weighted by Gasteiger charge is -2.38. The third kappa shape index (κ3) is 4.39. The fraction of sp³-hybridized carbons (Fsp3) is 0.500. The minimum atomic E-state index is 0.105. The monoisotopic (exact) mass is 392 g/mol. The van der Waals surface area contributed by atoms with Crippen LogP contribution in [0.2, 0.25) is 0 Å². The van der Waals surface area contributed by atoms with Crippen LogP contribution in [0.25, 0.3) is 0 Å². The zero-order chi connectivity index (χ0) is 20.2. The number of anilines is 2. The van der Waals surface area contributed by atoms with Crippen molar-refractivity contribution in [2.24, 2.45) is 0 Å². The van der Waals surface area contributed by atoms with E-state index in [-0.39, 0.29) is 5.91 Å². The van der Waals surface area contributed by atoms with Gasteiger partial charge in [0.2, 0.25) is 0 Å². The summed E-state index contributed by atoms with van der Waals surface area (Å²) in [6, 6.07) is 11.2. The molecule has 1 amide bonds. The van der Waals surface area contributed by atoms with E-state index in [1.807, 2.05) is 11.1 Å². The van der Waals surface area contributed by atoms with E-state index in [9.17, 15) is 4.79 Å². The van der Waals surface area contributed by atoms with Crippen LogP contribution < -0.4 is 9.80 Å². The van der Waals surface area contributed by atoms with E-state index >= 15 is 0 Å². The van der Waals surface area contributed by atoms with Crippen LogP contribution in [0, 0.1) is 6.92 Å². The Morgan fingerprint density at radius 2 is 1.86 bits per heavy atom. The predicted octanol–water partition coefficient (Wildman–Crippen LogP) is 4.12. The molecule has 0 aliphatic carbocycles. The minimum absolute atomic E-state index is 0.105. The second kappa shape index (κ2) is 8.85. The number of benzene rings is 1. The van der Waals surface area contributed by atoms with Gasteiger partial charge in [0.25, 0.3) is 5.91 Å². The van der Waals surface area contributed by atoms with Crippen molar-refractivity contribution in [2.75, 3.05) is 42.5 Å². The van der Waals surface area contributed by atoms with Gasteiger partial charge in [0.15, 0.2) is 0 Å². The van der Waals surface area contributed by atoms with Gasteiger partial charge in [0.05, 0.1) is 17.4 Å². The molecule has 2 saturated heterocycles. The smallest absolute Gasteiger partial charge is 0.255 e. The van der Waals surface area contributed by atoms with Crippen LogP contribution in [0.1, 0.15) is 48.5 Å². The van der Waals surface area contributed by atoms with Crippen molar-refractivity contribution in [3.63, 3.8) is 0 Å². The number of pyridine rings is 1. The molecule has 2 aromatic rings. The van der Waals surface area contributed by atoms with Crippen molar-refractivity contribution in [3.05, 3.63) is 53.9 Å². The van der Waals surface area contributed by atoms with Crippen molar-refractivity contribution < 1.29 is 4.79 Å². The molecule has 2 fully saturated rings. The van der Waals surface area contributed by atoms with E-state index in [0.29, 0.717) is 11.6 Å². The Bertz CT molecular complexity index is 844. The van der Waals surface area contributed by atoms with E-state index in [2.05, 4.69) is 59.0 Å². The molecule has 5 heteroatoms. The SMILES string of the molecule is CCC1CCCCN1c1cncc(C(=O)N2CCN(c3cccc(C)c3)CC2)c1. The summed E-state index contributed by atoms with van der Waals surface area (Å²) in [6.45, 7) is 8.66. The molecule has 2 aliphatic rings. The third-order valence-corrected chi connectivity index (χ3v) is 6.33. The highest BCUT2D eigenvalue weighted by Gasteiger charge is 2.25. The first-order valence-electron chi connectivity index (χ1n) is 11.0. The summed E-state index contributed by atoms with van der Waals surface area (Å²) in [6.07, 6.45) is 8.53. The van der Waals surface area contributed by atoms with Crippen LogP contribution in [-0.4, -0.2) is 54.6 Å². The summed E-state index contributed by atoms with van der Waals surface area (Å²) in [5.41, 5.74) is 4.33. The Hall–Kier alpha value is -2.56. The normalized spacial score (nSPS) is 20.1. The van der Waals surface area contributed by atoms with Crippen molar-refractivity contribution in [2.45, 2.75) is 45.6 Å². The van der Waals surface area contributed by atoms with Crippen molar-refractivity contribution in [3.8, 4) is 0 Å². The van der Waals surface area contributed by atoms with Gasteiger partial charge in [-0.2, -0.15) is 0 Å². The summed E-state index contributed by atoms with van der Waals surface area (Å²) in [5.74, 6) is 0.105. The number of aryl methyl sites for hydroxylation is 1. The van der Waals surface area contributed by atoms with Gasteiger partial charge < -0.3 is 14.7 Å². The summed E-state index contributed by atoms with van der Waals surface area (Å²) in [7, 11) is 0. The van der Waals surface area contributed by atoms with Gasteiger partial charge in [-0.1, -0.05) is 19.1 Å². The number of rotatable bonds is 4. The number of piperazine rings is 1. The van der Waals surface area contributed by atoms with Gasteiger partial charge in [-0.25, -0.2) is 0 Å². The highest BCUT2D eigenvalue weighted by molar-refractivity contribution is 5.95. The summed E-state index contributed by atoms with van der Waals surface area (Å²) >= 11 is 0. The average Bonchev–Trinajstić information content (AvgIpc) is 2.79. The molecule has 29 heavy (non-hydrogen) atoms. The Morgan fingerprint density at radius 3 is 2.62 bits per heavy atom. The molecule has 5 nitrogen and oxygen atoms in total. The molecule has 2 aliphatic heterocycles. The van der Waals surface area contributed by atoms with Crippen LogP contribution >= 0.6 is 0 Å². The van der Waals surface area contributed by atoms with E-state index in [1.54, 1.807) is 6.20 Å². The zero-order valence-corrected chi connectivity index (χ0v) is 17.7. The molecule has 1 aromatic carbocycles. The van der Waals surface area contributed by atoms with Gasteiger partial charge in [0.1, 0.15) is 0 Å². The molecule has 0 bridgehead atoms. The summed E-state index contributed by atoms with van der Waals surface area (Å²) in [4.78, 5) is 24.3. The average molecular weight is 393 g/mol. The molecule has 0 spiro atoms. The van der Waals surface area contributed by atoms with Crippen LogP contribution in [0.4, 0.5) is 11.4 Å². The summed E-state index contributed by atoms with van der Waals surface area (Å²) < 4.78 is 0. The topological polar surface area (TPSA) is 39.7 Å². The maximum atomic E-state index is 13.1. The minimum Gasteiger partial charge on any atom is -0.368 e. The number of hydrogen-bond acceptors (Lipinski definition) is 4. The standard InChI is InChI=1S/C24H32N4O/c1-3-21-8-4-5-10-28(21)23-16-20(17-25-18-23)24(29)27-13-11-26(12-14-27)22-9-6-7-19(2)15-22/h6-7,9,15-18,21H,3-5,8,10-14H2,1-2H3. The maximum Gasteiger partial charge on any atom is 0.255 e. The van der Waals surface area contributed by atoms with E-state index < -0.39 is 0 Å². The van der Waals surface area contributed by atoms with Gasteiger partial charge in [0, 0.05) is 50.6 Å². The fourth-order valence-electron chi connectivity index (χ4n) is 4.64. The molecule has 3 heterocycles. The number of carbonyl (C=O) groups is 1. The highest BCUT2D eigenvalue weighted by Crippen LogP contribution is 2.27. The van der Waals surface area contributed by atoms with Gasteiger partial charge in [-0.05, 0) is 56.4 Å². The van der Waals surface area contributed by atoms with Gasteiger partial charge >= 0.3 is 0 Å². The lowest BCUT2D eigenvalue weighted by Crippen LogP contribution is -2.48. The molecule has 154 valence electrons. The molecular formula is C24H32N4O. The van der Waals surface area contributed by atoms with Crippen LogP contribution in [-0.2, 0) is 0 Å². The van der Waals surface area contributed by atoms with Crippen molar-refractivity contribution >= 4 is 17.3 Å². The summed E-state index contributed by atoms with van der Waals surface area (Å²) in [5, 5.41) is 0. The zero-order valence-electron chi connectivity index (χ0n) is 17.7. The van der Waals surface area contributed by atoms with E-state index in [0.717, 1.165) is 44.8 Å². The highest BCUT2D eigenvalue weighted by atomic mass is 16.2.